The molecule has 0 atom stereocenters. The van der Waals surface area contributed by atoms with E-state index in [2.05, 4.69) is 4.98 Å². The summed E-state index contributed by atoms with van der Waals surface area (Å²) in [4.78, 5) is 14.4. The number of carbonyl (C=O) groups excluding carboxylic acids is 1. The van der Waals surface area contributed by atoms with E-state index >= 15 is 0 Å². The van der Waals surface area contributed by atoms with Crippen LogP contribution in [0.2, 0.25) is 0 Å². The standard InChI is InChI=1S/C11H15NO2/c13-11(10-7-4-8-12-10)14-9-5-2-1-3-6-9/h4,7-9,12H,1-3,5-6H2. The molecule has 1 aliphatic rings. The van der Waals surface area contributed by atoms with Crippen molar-refractivity contribution in [3.63, 3.8) is 0 Å². The molecule has 0 radical (unpaired) electrons. The number of aromatic nitrogens is 1. The van der Waals surface area contributed by atoms with Gasteiger partial charge in [-0.1, -0.05) is 6.42 Å². The molecule has 0 aromatic carbocycles. The van der Waals surface area contributed by atoms with E-state index < -0.39 is 0 Å². The fraction of sp³-hybridized carbons (Fsp3) is 0.545. The van der Waals surface area contributed by atoms with E-state index in [1.807, 2.05) is 0 Å². The maximum atomic E-state index is 11.5. The SMILES string of the molecule is O=C(OC1CCCCC1)c1ccc[nH]1. The molecule has 14 heavy (non-hydrogen) atoms. The molecule has 3 nitrogen and oxygen atoms in total. The lowest BCUT2D eigenvalue weighted by Gasteiger charge is -2.21. The molecule has 0 amide bonds. The predicted octanol–water partition coefficient (Wildman–Crippen LogP) is 2.50. The van der Waals surface area contributed by atoms with Crippen LogP contribution in [-0.2, 0) is 4.74 Å². The van der Waals surface area contributed by atoms with Gasteiger partial charge in [0.05, 0.1) is 0 Å². The van der Waals surface area contributed by atoms with Crippen molar-refractivity contribution in [1.82, 2.24) is 4.98 Å². The number of nitrogens with one attached hydrogen (secondary N) is 1. The maximum Gasteiger partial charge on any atom is 0.355 e. The summed E-state index contributed by atoms with van der Waals surface area (Å²) < 4.78 is 5.37. The Morgan fingerprint density at radius 2 is 2.14 bits per heavy atom. The minimum atomic E-state index is -0.220. The summed E-state index contributed by atoms with van der Waals surface area (Å²) >= 11 is 0. The van der Waals surface area contributed by atoms with Crippen LogP contribution in [0.3, 0.4) is 0 Å². The van der Waals surface area contributed by atoms with E-state index in [-0.39, 0.29) is 12.1 Å². The van der Waals surface area contributed by atoms with Gasteiger partial charge < -0.3 is 9.72 Å². The fourth-order valence-electron chi connectivity index (χ4n) is 1.86. The van der Waals surface area contributed by atoms with Crippen molar-refractivity contribution in [3.8, 4) is 0 Å². The van der Waals surface area contributed by atoms with E-state index in [9.17, 15) is 4.79 Å². The third-order valence-corrected chi connectivity index (χ3v) is 2.64. The van der Waals surface area contributed by atoms with Crippen LogP contribution in [0.5, 0.6) is 0 Å². The lowest BCUT2D eigenvalue weighted by Crippen LogP contribution is -2.21. The lowest BCUT2D eigenvalue weighted by molar-refractivity contribution is 0.0205. The highest BCUT2D eigenvalue weighted by Crippen LogP contribution is 2.21. The van der Waals surface area contributed by atoms with Crippen molar-refractivity contribution >= 4 is 5.97 Å². The zero-order valence-corrected chi connectivity index (χ0v) is 8.16. The molecule has 1 aromatic rings. The number of aromatic amines is 1. The van der Waals surface area contributed by atoms with E-state index in [0.717, 1.165) is 12.8 Å². The molecular formula is C11H15NO2. The van der Waals surface area contributed by atoms with E-state index in [1.165, 1.54) is 19.3 Å². The van der Waals surface area contributed by atoms with Gasteiger partial charge in [0, 0.05) is 6.20 Å². The number of hydrogen-bond acceptors (Lipinski definition) is 2. The predicted molar refractivity (Wildman–Crippen MR) is 53.1 cm³/mol. The molecule has 76 valence electrons. The Labute approximate surface area is 83.5 Å². The van der Waals surface area contributed by atoms with Crippen molar-refractivity contribution < 1.29 is 9.53 Å². The first-order valence-electron chi connectivity index (χ1n) is 5.20. The third-order valence-electron chi connectivity index (χ3n) is 2.64. The molecule has 1 heterocycles. The second-order valence-electron chi connectivity index (χ2n) is 3.75. The maximum absolute atomic E-state index is 11.5. The topological polar surface area (TPSA) is 42.1 Å². The second-order valence-corrected chi connectivity index (χ2v) is 3.75. The highest BCUT2D eigenvalue weighted by Gasteiger charge is 2.18. The summed E-state index contributed by atoms with van der Waals surface area (Å²) in [6.07, 6.45) is 7.55. The van der Waals surface area contributed by atoms with Gasteiger partial charge in [-0.25, -0.2) is 4.79 Å². The first-order valence-corrected chi connectivity index (χ1v) is 5.20. The van der Waals surface area contributed by atoms with Crippen molar-refractivity contribution in [1.29, 1.82) is 0 Å². The van der Waals surface area contributed by atoms with E-state index in [4.69, 9.17) is 4.74 Å². The summed E-state index contributed by atoms with van der Waals surface area (Å²) in [5.41, 5.74) is 0.551. The van der Waals surface area contributed by atoms with Gasteiger partial charge in [0.25, 0.3) is 0 Å². The number of esters is 1. The number of ether oxygens (including phenoxy) is 1. The summed E-state index contributed by atoms with van der Waals surface area (Å²) in [7, 11) is 0. The normalized spacial score (nSPS) is 18.0. The first-order chi connectivity index (χ1) is 6.86. The molecule has 0 saturated heterocycles. The van der Waals surface area contributed by atoms with Crippen LogP contribution < -0.4 is 0 Å². The van der Waals surface area contributed by atoms with Crippen LogP contribution in [0.25, 0.3) is 0 Å². The minimum Gasteiger partial charge on any atom is -0.458 e. The lowest BCUT2D eigenvalue weighted by atomic mass is 9.98. The van der Waals surface area contributed by atoms with Gasteiger partial charge >= 0.3 is 5.97 Å². The number of H-pyrrole nitrogens is 1. The Balaban J connectivity index is 1.87. The van der Waals surface area contributed by atoms with Gasteiger partial charge in [0.1, 0.15) is 11.8 Å². The monoisotopic (exact) mass is 193 g/mol. The molecule has 2 rings (SSSR count). The summed E-state index contributed by atoms with van der Waals surface area (Å²) in [5.74, 6) is -0.220. The van der Waals surface area contributed by atoms with Crippen molar-refractivity contribution in [2.75, 3.05) is 0 Å². The quantitative estimate of drug-likeness (QED) is 0.733. The van der Waals surface area contributed by atoms with Gasteiger partial charge in [0.2, 0.25) is 0 Å². The summed E-state index contributed by atoms with van der Waals surface area (Å²) in [6.45, 7) is 0. The van der Waals surface area contributed by atoms with Gasteiger partial charge in [0.15, 0.2) is 0 Å². The molecular weight excluding hydrogens is 178 g/mol. The highest BCUT2D eigenvalue weighted by molar-refractivity contribution is 5.87. The second kappa shape index (κ2) is 4.31. The molecule has 0 aliphatic heterocycles. The Hall–Kier alpha value is -1.25. The van der Waals surface area contributed by atoms with Crippen LogP contribution >= 0.6 is 0 Å². The molecule has 0 unspecified atom stereocenters. The molecule has 1 aliphatic carbocycles. The minimum absolute atomic E-state index is 0.138. The molecule has 1 saturated carbocycles. The van der Waals surface area contributed by atoms with E-state index in [0.29, 0.717) is 5.69 Å². The molecule has 1 fully saturated rings. The van der Waals surface area contributed by atoms with Gasteiger partial charge in [-0.15, -0.1) is 0 Å². The van der Waals surface area contributed by atoms with Gasteiger partial charge in [-0.2, -0.15) is 0 Å². The van der Waals surface area contributed by atoms with Crippen molar-refractivity contribution in [2.45, 2.75) is 38.2 Å². The smallest absolute Gasteiger partial charge is 0.355 e. The van der Waals surface area contributed by atoms with Crippen LogP contribution in [0.15, 0.2) is 18.3 Å². The molecule has 1 N–H and O–H groups in total. The average molecular weight is 193 g/mol. The molecule has 0 spiro atoms. The zero-order valence-electron chi connectivity index (χ0n) is 8.16. The van der Waals surface area contributed by atoms with Gasteiger partial charge in [-0.05, 0) is 37.8 Å². The van der Waals surface area contributed by atoms with Crippen LogP contribution in [0, 0.1) is 0 Å². The van der Waals surface area contributed by atoms with Gasteiger partial charge in [-0.3, -0.25) is 0 Å². The van der Waals surface area contributed by atoms with Crippen LogP contribution in [-0.4, -0.2) is 17.1 Å². The average Bonchev–Trinajstić information content (AvgIpc) is 2.72. The molecule has 0 bridgehead atoms. The Kier molecular flexibility index (Phi) is 2.87. The summed E-state index contributed by atoms with van der Waals surface area (Å²) in [6, 6.07) is 3.54. The van der Waals surface area contributed by atoms with Crippen LogP contribution in [0.4, 0.5) is 0 Å². The van der Waals surface area contributed by atoms with Crippen molar-refractivity contribution in [3.05, 3.63) is 24.0 Å². The van der Waals surface area contributed by atoms with Crippen molar-refractivity contribution in [2.24, 2.45) is 0 Å². The Morgan fingerprint density at radius 1 is 1.36 bits per heavy atom. The Bertz CT molecular complexity index is 286. The number of carbonyl (C=O) groups is 1. The van der Waals surface area contributed by atoms with Crippen LogP contribution in [0.1, 0.15) is 42.6 Å². The summed E-state index contributed by atoms with van der Waals surface area (Å²) in [5, 5.41) is 0. The Morgan fingerprint density at radius 3 is 2.79 bits per heavy atom. The third kappa shape index (κ3) is 2.16. The molecule has 3 heteroatoms. The largest absolute Gasteiger partial charge is 0.458 e. The number of hydrogen-bond donors (Lipinski definition) is 1. The zero-order chi connectivity index (χ0) is 9.80. The molecule has 1 aromatic heterocycles. The fourth-order valence-corrected chi connectivity index (χ4v) is 1.86. The first kappa shape index (κ1) is 9.31. The number of rotatable bonds is 2. The van der Waals surface area contributed by atoms with E-state index in [1.54, 1.807) is 18.3 Å². The highest BCUT2D eigenvalue weighted by atomic mass is 16.5.